The van der Waals surface area contributed by atoms with Crippen LogP contribution in [0.4, 0.5) is 4.39 Å². The van der Waals surface area contributed by atoms with Crippen LogP contribution in [0, 0.1) is 5.82 Å². The summed E-state index contributed by atoms with van der Waals surface area (Å²) in [6.07, 6.45) is 5.51. The van der Waals surface area contributed by atoms with E-state index in [0.29, 0.717) is 19.6 Å². The van der Waals surface area contributed by atoms with Crippen LogP contribution in [0.1, 0.15) is 55.8 Å². The highest BCUT2D eigenvalue weighted by Gasteiger charge is 2.31. The number of nitrogens with zero attached hydrogens (tertiary/aromatic N) is 2. The minimum absolute atomic E-state index is 0.119. The van der Waals surface area contributed by atoms with Gasteiger partial charge in [0, 0.05) is 31.2 Å². The van der Waals surface area contributed by atoms with Crippen molar-refractivity contribution in [3.05, 3.63) is 29.6 Å². The van der Waals surface area contributed by atoms with Crippen molar-refractivity contribution in [1.29, 1.82) is 0 Å². The van der Waals surface area contributed by atoms with E-state index in [-0.39, 0.29) is 22.4 Å². The van der Waals surface area contributed by atoms with Gasteiger partial charge >= 0.3 is 0 Å². The van der Waals surface area contributed by atoms with Crippen molar-refractivity contribution in [2.45, 2.75) is 56.4 Å². The van der Waals surface area contributed by atoms with E-state index in [1.165, 1.54) is 16.4 Å². The van der Waals surface area contributed by atoms with E-state index < -0.39 is 15.8 Å². The average Bonchev–Trinajstić information content (AvgIpc) is 2.62. The monoisotopic (exact) mass is 368 g/mol. The molecule has 7 heteroatoms. The van der Waals surface area contributed by atoms with Crippen molar-refractivity contribution < 1.29 is 17.6 Å². The van der Waals surface area contributed by atoms with Gasteiger partial charge < -0.3 is 4.90 Å². The standard InChI is InChI=1S/C18H25FN2O3S/c1-14-7-3-6-12-21(14)18(22)15-8-9-16(19)17(13-15)25(23,24)20-10-4-2-5-11-20/h8-9,13-14H,2-7,10-12H2,1H3/t14-/m1/s1. The van der Waals surface area contributed by atoms with Gasteiger partial charge in [-0.1, -0.05) is 6.42 Å². The smallest absolute Gasteiger partial charge is 0.254 e. The Kier molecular flexibility index (Phi) is 5.43. The van der Waals surface area contributed by atoms with Gasteiger partial charge in [-0.2, -0.15) is 4.31 Å². The summed E-state index contributed by atoms with van der Waals surface area (Å²) in [7, 11) is -3.91. The molecule has 1 aromatic carbocycles. The first kappa shape index (κ1) is 18.3. The van der Waals surface area contributed by atoms with Crippen molar-refractivity contribution in [2.75, 3.05) is 19.6 Å². The maximum atomic E-state index is 14.3. The third-order valence-electron chi connectivity index (χ3n) is 5.17. The summed E-state index contributed by atoms with van der Waals surface area (Å²) in [5, 5.41) is 0. The Morgan fingerprint density at radius 1 is 1.08 bits per heavy atom. The van der Waals surface area contributed by atoms with Gasteiger partial charge in [-0.25, -0.2) is 12.8 Å². The predicted molar refractivity (Wildman–Crippen MR) is 93.4 cm³/mol. The highest BCUT2D eigenvalue weighted by molar-refractivity contribution is 7.89. The first-order chi connectivity index (χ1) is 11.9. The van der Waals surface area contributed by atoms with Gasteiger partial charge in [-0.15, -0.1) is 0 Å². The van der Waals surface area contributed by atoms with Crippen molar-refractivity contribution in [2.24, 2.45) is 0 Å². The first-order valence-corrected chi connectivity index (χ1v) is 10.5. The third kappa shape index (κ3) is 3.72. The molecule has 2 heterocycles. The van der Waals surface area contributed by atoms with Crippen LogP contribution < -0.4 is 0 Å². The quantitative estimate of drug-likeness (QED) is 0.824. The number of halogens is 1. The van der Waals surface area contributed by atoms with Gasteiger partial charge in [-0.3, -0.25) is 4.79 Å². The molecule has 0 saturated carbocycles. The lowest BCUT2D eigenvalue weighted by Crippen LogP contribution is -2.42. The molecule has 2 saturated heterocycles. The number of hydrogen-bond acceptors (Lipinski definition) is 3. The molecule has 1 aromatic rings. The highest BCUT2D eigenvalue weighted by Crippen LogP contribution is 2.26. The van der Waals surface area contributed by atoms with Crippen LogP contribution in [-0.4, -0.2) is 49.2 Å². The molecule has 2 fully saturated rings. The Morgan fingerprint density at radius 2 is 1.76 bits per heavy atom. The number of likely N-dealkylation sites (tertiary alicyclic amines) is 1. The molecule has 0 spiro atoms. The topological polar surface area (TPSA) is 57.7 Å². The SMILES string of the molecule is C[C@@H]1CCCCN1C(=O)c1ccc(F)c(S(=O)(=O)N2CCCCC2)c1. The Labute approximate surface area is 148 Å². The van der Waals surface area contributed by atoms with E-state index >= 15 is 0 Å². The molecule has 0 unspecified atom stereocenters. The number of carbonyl (C=O) groups excluding carboxylic acids is 1. The number of rotatable bonds is 3. The van der Waals surface area contributed by atoms with Crippen LogP contribution in [0.25, 0.3) is 0 Å². The Hall–Kier alpha value is -1.47. The van der Waals surface area contributed by atoms with Gasteiger partial charge in [0.1, 0.15) is 10.7 Å². The molecular weight excluding hydrogens is 343 g/mol. The number of piperidine rings is 2. The molecule has 0 aliphatic carbocycles. The molecule has 2 aliphatic rings. The molecule has 0 bridgehead atoms. The van der Waals surface area contributed by atoms with E-state index in [2.05, 4.69) is 0 Å². The number of amides is 1. The average molecular weight is 368 g/mol. The third-order valence-corrected chi connectivity index (χ3v) is 7.09. The zero-order valence-corrected chi connectivity index (χ0v) is 15.4. The van der Waals surface area contributed by atoms with E-state index in [1.807, 2.05) is 6.92 Å². The normalized spacial score (nSPS) is 22.8. The summed E-state index contributed by atoms with van der Waals surface area (Å²) in [5.74, 6) is -1.02. The molecule has 3 rings (SSSR count). The Balaban J connectivity index is 1.91. The summed E-state index contributed by atoms with van der Waals surface area (Å²) in [6, 6.07) is 3.81. The summed E-state index contributed by atoms with van der Waals surface area (Å²) in [6.45, 7) is 3.46. The molecule has 5 nitrogen and oxygen atoms in total. The number of hydrogen-bond donors (Lipinski definition) is 0. The van der Waals surface area contributed by atoms with Crippen LogP contribution in [0.15, 0.2) is 23.1 Å². The minimum Gasteiger partial charge on any atom is -0.336 e. The highest BCUT2D eigenvalue weighted by atomic mass is 32.2. The number of sulfonamides is 1. The van der Waals surface area contributed by atoms with Gasteiger partial charge in [0.15, 0.2) is 0 Å². The van der Waals surface area contributed by atoms with Gasteiger partial charge in [0.2, 0.25) is 10.0 Å². The minimum atomic E-state index is -3.91. The van der Waals surface area contributed by atoms with Crippen LogP contribution in [-0.2, 0) is 10.0 Å². The van der Waals surface area contributed by atoms with Gasteiger partial charge in [-0.05, 0) is 57.2 Å². The maximum Gasteiger partial charge on any atom is 0.254 e. The van der Waals surface area contributed by atoms with Crippen molar-refractivity contribution in [3.8, 4) is 0 Å². The molecule has 1 atom stereocenters. The lowest BCUT2D eigenvalue weighted by atomic mass is 10.0. The Bertz CT molecular complexity index is 745. The predicted octanol–water partition coefficient (Wildman–Crippen LogP) is 3.01. The summed E-state index contributed by atoms with van der Waals surface area (Å²) in [4.78, 5) is 14.1. The molecular formula is C18H25FN2O3S. The van der Waals surface area contributed by atoms with Crippen LogP contribution in [0.5, 0.6) is 0 Å². The molecule has 25 heavy (non-hydrogen) atoms. The van der Waals surface area contributed by atoms with Crippen LogP contribution >= 0.6 is 0 Å². The van der Waals surface area contributed by atoms with E-state index in [4.69, 9.17) is 0 Å². The van der Waals surface area contributed by atoms with E-state index in [1.54, 1.807) is 4.90 Å². The summed E-state index contributed by atoms with van der Waals surface area (Å²) in [5.41, 5.74) is 0.241. The first-order valence-electron chi connectivity index (χ1n) is 9.02. The Morgan fingerprint density at radius 3 is 2.44 bits per heavy atom. The molecule has 138 valence electrons. The van der Waals surface area contributed by atoms with Crippen LogP contribution in [0.2, 0.25) is 0 Å². The largest absolute Gasteiger partial charge is 0.336 e. The van der Waals surface area contributed by atoms with Crippen molar-refractivity contribution in [1.82, 2.24) is 9.21 Å². The zero-order chi connectivity index (χ0) is 18.0. The van der Waals surface area contributed by atoms with Gasteiger partial charge in [0.25, 0.3) is 5.91 Å². The van der Waals surface area contributed by atoms with Gasteiger partial charge in [0.05, 0.1) is 0 Å². The molecule has 2 aliphatic heterocycles. The van der Waals surface area contributed by atoms with Crippen molar-refractivity contribution >= 4 is 15.9 Å². The number of benzene rings is 1. The molecule has 0 radical (unpaired) electrons. The second kappa shape index (κ2) is 7.41. The lowest BCUT2D eigenvalue weighted by molar-refractivity contribution is 0.0635. The van der Waals surface area contributed by atoms with Crippen molar-refractivity contribution in [3.63, 3.8) is 0 Å². The van der Waals surface area contributed by atoms with E-state index in [9.17, 15) is 17.6 Å². The lowest BCUT2D eigenvalue weighted by Gasteiger charge is -2.33. The maximum absolute atomic E-state index is 14.3. The zero-order valence-electron chi connectivity index (χ0n) is 14.6. The summed E-state index contributed by atoms with van der Waals surface area (Å²) >= 11 is 0. The summed E-state index contributed by atoms with van der Waals surface area (Å²) < 4.78 is 41.2. The fraction of sp³-hybridized carbons (Fsp3) is 0.611. The molecule has 0 N–H and O–H groups in total. The fourth-order valence-electron chi connectivity index (χ4n) is 3.64. The second-order valence-electron chi connectivity index (χ2n) is 6.95. The van der Waals surface area contributed by atoms with E-state index in [0.717, 1.165) is 44.6 Å². The van der Waals surface area contributed by atoms with Crippen LogP contribution in [0.3, 0.4) is 0 Å². The second-order valence-corrected chi connectivity index (χ2v) is 8.86. The number of carbonyl (C=O) groups is 1. The molecule has 1 amide bonds. The molecule has 0 aromatic heterocycles. The fourth-order valence-corrected chi connectivity index (χ4v) is 5.25.